The van der Waals surface area contributed by atoms with E-state index in [1.54, 1.807) is 12.1 Å². The molecule has 0 aliphatic carbocycles. The lowest BCUT2D eigenvalue weighted by Gasteiger charge is -2.10. The van der Waals surface area contributed by atoms with Gasteiger partial charge in [0.2, 0.25) is 0 Å². The summed E-state index contributed by atoms with van der Waals surface area (Å²) in [6.45, 7) is 0.374. The van der Waals surface area contributed by atoms with Gasteiger partial charge in [-0.3, -0.25) is 0 Å². The summed E-state index contributed by atoms with van der Waals surface area (Å²) in [6.07, 6.45) is 0.287. The third kappa shape index (κ3) is 2.70. The summed E-state index contributed by atoms with van der Waals surface area (Å²) in [6, 6.07) is 7.02. The van der Waals surface area contributed by atoms with Crippen LogP contribution in [0, 0.1) is 4.91 Å². The lowest BCUT2D eigenvalue weighted by Crippen LogP contribution is -2.28. The highest BCUT2D eigenvalue weighted by Crippen LogP contribution is 2.14. The number of alkyl carbamates (subject to hydrolysis) is 1. The zero-order valence-electron chi connectivity index (χ0n) is 9.00. The molecule has 1 amide bonds. The molecule has 1 fully saturated rings. The van der Waals surface area contributed by atoms with Crippen LogP contribution in [0.1, 0.15) is 5.56 Å². The number of amides is 1. The molecule has 1 saturated heterocycles. The molecular weight excluding hydrogens is 224 g/mol. The zero-order valence-corrected chi connectivity index (χ0v) is 9.00. The van der Waals surface area contributed by atoms with Crippen molar-refractivity contribution >= 4 is 11.8 Å². The zero-order chi connectivity index (χ0) is 12.3. The van der Waals surface area contributed by atoms with Gasteiger partial charge in [0.05, 0.1) is 17.0 Å². The number of carbonyl (C=O) groups is 1. The Morgan fingerprint density at radius 2 is 2.18 bits per heavy atom. The van der Waals surface area contributed by atoms with Crippen LogP contribution in [0.2, 0.25) is 0 Å². The highest BCUT2D eigenvalue weighted by atomic mass is 16.6. The molecule has 3 N–H and O–H groups in total. The van der Waals surface area contributed by atoms with Crippen LogP contribution in [0.25, 0.3) is 0 Å². The van der Waals surface area contributed by atoms with Crippen molar-refractivity contribution in [3.05, 3.63) is 34.7 Å². The molecule has 1 unspecified atom stereocenters. The molecule has 17 heavy (non-hydrogen) atoms. The normalized spacial score (nSPS) is 18.4. The first-order valence-electron chi connectivity index (χ1n) is 5.09. The minimum Gasteiger partial charge on any atom is -0.447 e. The van der Waals surface area contributed by atoms with Crippen molar-refractivity contribution in [2.24, 2.45) is 11.1 Å². The second kappa shape index (κ2) is 4.79. The van der Waals surface area contributed by atoms with Gasteiger partial charge < -0.3 is 10.1 Å². The molecule has 0 bridgehead atoms. The summed E-state index contributed by atoms with van der Waals surface area (Å²) in [7, 11) is 0. The minimum atomic E-state index is -0.384. The molecule has 0 radical (unpaired) electrons. The summed E-state index contributed by atoms with van der Waals surface area (Å²) in [4.78, 5) is 21.0. The highest BCUT2D eigenvalue weighted by molar-refractivity contribution is 5.69. The van der Waals surface area contributed by atoms with Crippen LogP contribution in [0.4, 0.5) is 10.5 Å². The summed E-state index contributed by atoms with van der Waals surface area (Å²) in [5, 5.41) is 6.03. The third-order valence-electron chi connectivity index (χ3n) is 2.51. The van der Waals surface area contributed by atoms with Crippen molar-refractivity contribution in [1.82, 2.24) is 5.32 Å². The largest absolute Gasteiger partial charge is 0.447 e. The van der Waals surface area contributed by atoms with E-state index in [1.807, 2.05) is 12.1 Å². The van der Waals surface area contributed by atoms with E-state index in [0.29, 0.717) is 18.7 Å². The molecule has 1 aliphatic rings. The summed E-state index contributed by atoms with van der Waals surface area (Å²) >= 11 is 0. The fourth-order valence-electron chi connectivity index (χ4n) is 1.65. The maximum atomic E-state index is 10.8. The first-order chi connectivity index (χ1) is 8.19. The van der Waals surface area contributed by atoms with Gasteiger partial charge in [-0.05, 0) is 24.1 Å². The first-order valence-corrected chi connectivity index (χ1v) is 5.09. The van der Waals surface area contributed by atoms with Gasteiger partial charge in [0.25, 0.3) is 0 Å². The number of carbonyl (C=O) groups excluding carboxylic acids is 1. The van der Waals surface area contributed by atoms with Crippen molar-refractivity contribution in [2.75, 3.05) is 11.7 Å². The fourth-order valence-corrected chi connectivity index (χ4v) is 1.65. The van der Waals surface area contributed by atoms with Gasteiger partial charge in [-0.2, -0.15) is 5.12 Å². The Labute approximate surface area is 97.4 Å². The van der Waals surface area contributed by atoms with E-state index in [9.17, 15) is 9.70 Å². The highest BCUT2D eigenvalue weighted by Gasteiger charge is 2.22. The van der Waals surface area contributed by atoms with Gasteiger partial charge in [-0.25, -0.2) is 10.6 Å². The number of nitrogens with one attached hydrogen (secondary N) is 1. The first kappa shape index (κ1) is 11.3. The number of hydrogen-bond donors (Lipinski definition) is 2. The van der Waals surface area contributed by atoms with E-state index in [1.165, 1.54) is 0 Å². The van der Waals surface area contributed by atoms with Gasteiger partial charge in [0, 0.05) is 0 Å². The number of nitrogens with zero attached hydrogens (tertiary/aromatic N) is 2. The third-order valence-corrected chi connectivity index (χ3v) is 2.51. The van der Waals surface area contributed by atoms with Crippen molar-refractivity contribution in [3.63, 3.8) is 0 Å². The van der Waals surface area contributed by atoms with Crippen molar-refractivity contribution < 1.29 is 9.53 Å². The van der Waals surface area contributed by atoms with Crippen LogP contribution < -0.4 is 16.3 Å². The maximum Gasteiger partial charge on any atom is 0.407 e. The molecule has 0 saturated carbocycles. The fraction of sp³-hybridized carbons (Fsp3) is 0.300. The van der Waals surface area contributed by atoms with Crippen LogP contribution in [-0.4, -0.2) is 18.7 Å². The second-order valence-electron chi connectivity index (χ2n) is 3.74. The van der Waals surface area contributed by atoms with Crippen LogP contribution in [0.15, 0.2) is 29.6 Å². The number of rotatable bonds is 4. The predicted molar refractivity (Wildman–Crippen MR) is 60.9 cm³/mol. The number of cyclic esters (lactones) is 1. The Morgan fingerprint density at radius 1 is 1.47 bits per heavy atom. The number of hydrazine groups is 1. The summed E-state index contributed by atoms with van der Waals surface area (Å²) < 4.78 is 4.78. The number of nitroso groups, excluding NO2 is 1. The minimum absolute atomic E-state index is 0.00785. The Hall–Kier alpha value is -2.15. The second-order valence-corrected chi connectivity index (χ2v) is 3.74. The Bertz CT molecular complexity index is 420. The summed E-state index contributed by atoms with van der Waals surface area (Å²) in [5.74, 6) is 5.30. The molecule has 1 heterocycles. The molecule has 1 atom stereocenters. The van der Waals surface area contributed by atoms with Gasteiger partial charge in [0.1, 0.15) is 6.61 Å². The lowest BCUT2D eigenvalue weighted by atomic mass is 10.1. The quantitative estimate of drug-likeness (QED) is 0.455. The Kier molecular flexibility index (Phi) is 3.20. The van der Waals surface area contributed by atoms with Crippen molar-refractivity contribution in [3.8, 4) is 0 Å². The Balaban J connectivity index is 1.98. The average molecular weight is 236 g/mol. The lowest BCUT2D eigenvalue weighted by molar-refractivity contribution is 0.177. The van der Waals surface area contributed by atoms with Crippen molar-refractivity contribution in [2.45, 2.75) is 12.5 Å². The van der Waals surface area contributed by atoms with E-state index in [4.69, 9.17) is 10.6 Å². The molecule has 1 aromatic rings. The molecule has 1 aromatic carbocycles. The Morgan fingerprint density at radius 3 is 2.71 bits per heavy atom. The van der Waals surface area contributed by atoms with Gasteiger partial charge in [-0.15, -0.1) is 4.91 Å². The summed E-state index contributed by atoms with van der Waals surface area (Å²) in [5.41, 5.74) is 1.53. The number of nitrogens with two attached hydrogens (primary N) is 1. The van der Waals surface area contributed by atoms with E-state index in [2.05, 4.69) is 10.6 Å². The molecule has 7 heteroatoms. The molecule has 2 rings (SSSR count). The maximum absolute atomic E-state index is 10.8. The number of anilines is 1. The van der Waals surface area contributed by atoms with Crippen LogP contribution in [0.5, 0.6) is 0 Å². The van der Waals surface area contributed by atoms with E-state index in [-0.39, 0.29) is 12.1 Å². The predicted octanol–water partition coefficient (Wildman–Crippen LogP) is 0.699. The van der Waals surface area contributed by atoms with Crippen LogP contribution >= 0.6 is 0 Å². The number of ether oxygens (including phenoxy) is 1. The average Bonchev–Trinajstić information content (AvgIpc) is 2.75. The van der Waals surface area contributed by atoms with E-state index in [0.717, 1.165) is 10.7 Å². The standard InChI is InChI=1S/C10H12N4O3/c11-14(13-16)9-3-1-7(2-4-9)5-8-6-17-10(15)12-8/h1-4,8H,5-6,11H2,(H,12,15). The van der Waals surface area contributed by atoms with E-state index < -0.39 is 0 Å². The molecule has 90 valence electrons. The van der Waals surface area contributed by atoms with Gasteiger partial charge in [0.15, 0.2) is 0 Å². The SMILES string of the molecule is NN(N=O)c1ccc(CC2COC(=O)N2)cc1. The van der Waals surface area contributed by atoms with Gasteiger partial charge in [-0.1, -0.05) is 12.1 Å². The van der Waals surface area contributed by atoms with Crippen LogP contribution in [0.3, 0.4) is 0 Å². The molecule has 1 aliphatic heterocycles. The molecule has 0 aromatic heterocycles. The molecule has 7 nitrogen and oxygen atoms in total. The number of benzene rings is 1. The van der Waals surface area contributed by atoms with E-state index >= 15 is 0 Å². The monoisotopic (exact) mass is 236 g/mol. The smallest absolute Gasteiger partial charge is 0.407 e. The molecular formula is C10H12N4O3. The topological polar surface area (TPSA) is 97.0 Å². The van der Waals surface area contributed by atoms with Crippen molar-refractivity contribution in [1.29, 1.82) is 0 Å². The van der Waals surface area contributed by atoms with Gasteiger partial charge >= 0.3 is 6.09 Å². The molecule has 0 spiro atoms. The number of hydrogen-bond acceptors (Lipinski definition) is 5. The van der Waals surface area contributed by atoms with Crippen LogP contribution in [-0.2, 0) is 11.2 Å².